The van der Waals surface area contributed by atoms with Crippen LogP contribution in [0.5, 0.6) is 5.75 Å². The van der Waals surface area contributed by atoms with Gasteiger partial charge in [-0.2, -0.15) is 5.90 Å². The second-order valence-corrected chi connectivity index (χ2v) is 1.19. The number of aromatic nitrogens is 2. The van der Waals surface area contributed by atoms with Gasteiger partial charge in [0, 0.05) is 0 Å². The quantitative estimate of drug-likeness (QED) is 0.507. The normalized spacial score (nSPS) is 8.62. The number of nitrogens with zero attached hydrogens (tertiary/aromatic N) is 2. The van der Waals surface area contributed by atoms with Crippen molar-refractivity contribution < 1.29 is 4.84 Å². The highest BCUT2D eigenvalue weighted by atomic mass is 16.6. The summed E-state index contributed by atoms with van der Waals surface area (Å²) in [5.41, 5.74) is 0. The summed E-state index contributed by atoms with van der Waals surface area (Å²) in [5.74, 6) is 5.24. The highest BCUT2D eigenvalue weighted by Gasteiger charge is 1.84. The van der Waals surface area contributed by atoms with Crippen LogP contribution in [0.2, 0.25) is 0 Å². The molecule has 0 saturated heterocycles. The summed E-state index contributed by atoms with van der Waals surface area (Å²) in [6.07, 6.45) is 4.36. The summed E-state index contributed by atoms with van der Waals surface area (Å²) in [5, 5.41) is 0. The largest absolute Gasteiger partial charge is 0.408 e. The van der Waals surface area contributed by atoms with Gasteiger partial charge in [-0.15, -0.1) is 0 Å². The number of hydrogen-bond donors (Lipinski definition) is 1. The molecule has 2 N–H and O–H groups in total. The van der Waals surface area contributed by atoms with E-state index >= 15 is 0 Å². The van der Waals surface area contributed by atoms with Gasteiger partial charge < -0.3 is 4.84 Å². The first-order valence-corrected chi connectivity index (χ1v) is 2.05. The Bertz CT molecular complexity index is 153. The van der Waals surface area contributed by atoms with Gasteiger partial charge >= 0.3 is 0 Å². The molecular formula is C4H5N3O. The molecule has 0 aliphatic rings. The Morgan fingerprint density at radius 1 is 1.38 bits per heavy atom. The Morgan fingerprint density at radius 2 is 2.00 bits per heavy atom. The Hall–Kier alpha value is -1.16. The van der Waals surface area contributed by atoms with Gasteiger partial charge in [0.15, 0.2) is 5.75 Å². The average Bonchev–Trinajstić information content (AvgIpc) is 1.90. The molecule has 0 aromatic carbocycles. The summed E-state index contributed by atoms with van der Waals surface area (Å²) >= 11 is 0. The molecule has 8 heavy (non-hydrogen) atoms. The lowest BCUT2D eigenvalue weighted by molar-refractivity contribution is 0.331. The Balaban J connectivity index is 2.83. The summed E-state index contributed by atoms with van der Waals surface area (Å²) in [6.45, 7) is 0. The number of rotatable bonds is 1. The van der Waals surface area contributed by atoms with Crippen LogP contribution in [0.4, 0.5) is 0 Å². The van der Waals surface area contributed by atoms with Crippen LogP contribution < -0.4 is 10.7 Å². The molecular weight excluding hydrogens is 106 g/mol. The Labute approximate surface area is 46.3 Å². The SMILES string of the molecule is NOc1cncnc1. The summed E-state index contributed by atoms with van der Waals surface area (Å²) in [4.78, 5) is 11.6. The van der Waals surface area contributed by atoms with E-state index in [1.165, 1.54) is 18.7 Å². The van der Waals surface area contributed by atoms with Crippen LogP contribution in [0.3, 0.4) is 0 Å². The van der Waals surface area contributed by atoms with Gasteiger partial charge in [0.1, 0.15) is 6.33 Å². The van der Waals surface area contributed by atoms with Crippen LogP contribution in [0, 0.1) is 0 Å². The Kier molecular flexibility index (Phi) is 1.39. The van der Waals surface area contributed by atoms with Gasteiger partial charge in [-0.05, 0) is 0 Å². The highest BCUT2D eigenvalue weighted by Crippen LogP contribution is 1.98. The fraction of sp³-hybridized carbons (Fsp3) is 0. The summed E-state index contributed by atoms with van der Waals surface area (Å²) < 4.78 is 0. The van der Waals surface area contributed by atoms with Gasteiger partial charge in [-0.1, -0.05) is 0 Å². The first-order chi connectivity index (χ1) is 3.93. The van der Waals surface area contributed by atoms with Gasteiger partial charge in [0.05, 0.1) is 12.4 Å². The molecule has 0 spiro atoms. The minimum atomic E-state index is 0.465. The lowest BCUT2D eigenvalue weighted by Gasteiger charge is -1.91. The zero-order valence-corrected chi connectivity index (χ0v) is 4.11. The van der Waals surface area contributed by atoms with Crippen molar-refractivity contribution >= 4 is 0 Å². The molecule has 1 aromatic heterocycles. The van der Waals surface area contributed by atoms with Crippen LogP contribution in [0.15, 0.2) is 18.7 Å². The van der Waals surface area contributed by atoms with E-state index in [-0.39, 0.29) is 0 Å². The molecule has 1 rings (SSSR count). The van der Waals surface area contributed by atoms with E-state index in [0.717, 1.165) is 0 Å². The molecule has 0 unspecified atom stereocenters. The molecule has 4 nitrogen and oxygen atoms in total. The molecule has 0 aliphatic carbocycles. The van der Waals surface area contributed by atoms with E-state index in [9.17, 15) is 0 Å². The molecule has 42 valence electrons. The maximum Gasteiger partial charge on any atom is 0.183 e. The van der Waals surface area contributed by atoms with E-state index < -0.39 is 0 Å². The van der Waals surface area contributed by atoms with Crippen LogP contribution in [-0.2, 0) is 0 Å². The molecule has 0 atom stereocenters. The zero-order chi connectivity index (χ0) is 5.82. The van der Waals surface area contributed by atoms with Crippen molar-refractivity contribution in [2.24, 2.45) is 5.90 Å². The van der Waals surface area contributed by atoms with Gasteiger partial charge in [0.2, 0.25) is 0 Å². The Morgan fingerprint density at radius 3 is 2.38 bits per heavy atom. The molecule has 0 amide bonds. The van der Waals surface area contributed by atoms with E-state index in [2.05, 4.69) is 14.8 Å². The van der Waals surface area contributed by atoms with Crippen molar-refractivity contribution in [2.45, 2.75) is 0 Å². The topological polar surface area (TPSA) is 61.0 Å². The number of nitrogens with two attached hydrogens (primary N) is 1. The van der Waals surface area contributed by atoms with Gasteiger partial charge in [0.25, 0.3) is 0 Å². The zero-order valence-electron chi connectivity index (χ0n) is 4.11. The molecule has 0 saturated carbocycles. The fourth-order valence-electron chi connectivity index (χ4n) is 0.346. The van der Waals surface area contributed by atoms with E-state index in [1.54, 1.807) is 0 Å². The van der Waals surface area contributed by atoms with Crippen LogP contribution in [0.25, 0.3) is 0 Å². The van der Waals surface area contributed by atoms with E-state index in [0.29, 0.717) is 5.75 Å². The molecule has 0 bridgehead atoms. The molecule has 0 fully saturated rings. The van der Waals surface area contributed by atoms with Crippen LogP contribution in [0.1, 0.15) is 0 Å². The van der Waals surface area contributed by atoms with Crippen molar-refractivity contribution in [2.75, 3.05) is 0 Å². The third-order valence-electron chi connectivity index (χ3n) is 0.673. The summed E-state index contributed by atoms with van der Waals surface area (Å²) in [7, 11) is 0. The summed E-state index contributed by atoms with van der Waals surface area (Å²) in [6, 6.07) is 0. The standard InChI is InChI=1S/C4H5N3O/c5-8-4-1-6-3-7-2-4/h1-3H,5H2. The first kappa shape index (κ1) is 4.99. The molecule has 4 heteroatoms. The first-order valence-electron chi connectivity index (χ1n) is 2.05. The maximum atomic E-state index is 4.77. The van der Waals surface area contributed by atoms with Crippen molar-refractivity contribution in [3.05, 3.63) is 18.7 Å². The predicted octanol–water partition coefficient (Wildman–Crippen LogP) is -0.271. The maximum absolute atomic E-state index is 4.77. The number of hydrogen-bond acceptors (Lipinski definition) is 4. The van der Waals surface area contributed by atoms with Crippen molar-refractivity contribution in [3.8, 4) is 5.75 Å². The predicted molar refractivity (Wildman–Crippen MR) is 26.8 cm³/mol. The van der Waals surface area contributed by atoms with Crippen LogP contribution in [-0.4, -0.2) is 9.97 Å². The lowest BCUT2D eigenvalue weighted by Crippen LogP contribution is -2.01. The monoisotopic (exact) mass is 111 g/mol. The third-order valence-corrected chi connectivity index (χ3v) is 0.673. The fourth-order valence-corrected chi connectivity index (χ4v) is 0.346. The molecule has 1 heterocycles. The smallest absolute Gasteiger partial charge is 0.183 e. The van der Waals surface area contributed by atoms with Gasteiger partial charge in [-0.3, -0.25) is 0 Å². The van der Waals surface area contributed by atoms with E-state index in [4.69, 9.17) is 5.90 Å². The highest BCUT2D eigenvalue weighted by molar-refractivity contribution is 5.08. The van der Waals surface area contributed by atoms with Crippen molar-refractivity contribution in [3.63, 3.8) is 0 Å². The molecule has 1 aromatic rings. The van der Waals surface area contributed by atoms with E-state index in [1.807, 2.05) is 0 Å². The van der Waals surface area contributed by atoms with Gasteiger partial charge in [-0.25, -0.2) is 9.97 Å². The lowest BCUT2D eigenvalue weighted by atomic mass is 10.6. The molecule has 0 radical (unpaired) electrons. The average molecular weight is 111 g/mol. The molecule has 0 aliphatic heterocycles. The van der Waals surface area contributed by atoms with Crippen molar-refractivity contribution in [1.29, 1.82) is 0 Å². The minimum absolute atomic E-state index is 0.465. The van der Waals surface area contributed by atoms with Crippen molar-refractivity contribution in [1.82, 2.24) is 9.97 Å². The third kappa shape index (κ3) is 0.913. The second kappa shape index (κ2) is 2.23. The minimum Gasteiger partial charge on any atom is -0.408 e. The van der Waals surface area contributed by atoms with Crippen LogP contribution >= 0.6 is 0 Å². The second-order valence-electron chi connectivity index (χ2n) is 1.19.